The maximum Gasteiger partial charge on any atom is 0.305 e. The number of amides is 1. The SMILES string of the molecule is CC/C=C(\CNC=O)NC(CC(=O)O)c1ccc2c(c1)OCO2. The van der Waals surface area contributed by atoms with E-state index in [2.05, 4.69) is 10.6 Å². The number of ether oxygens (including phenoxy) is 2. The highest BCUT2D eigenvalue weighted by atomic mass is 16.7. The summed E-state index contributed by atoms with van der Waals surface area (Å²) in [4.78, 5) is 21.7. The number of aliphatic carboxylic acids is 1. The third-order valence-corrected chi connectivity index (χ3v) is 3.36. The van der Waals surface area contributed by atoms with E-state index in [-0.39, 0.29) is 13.2 Å². The van der Waals surface area contributed by atoms with Gasteiger partial charge in [0.2, 0.25) is 13.2 Å². The Morgan fingerprint density at radius 1 is 1.39 bits per heavy atom. The van der Waals surface area contributed by atoms with Crippen LogP contribution in [0.4, 0.5) is 0 Å². The molecule has 0 aromatic heterocycles. The van der Waals surface area contributed by atoms with E-state index in [9.17, 15) is 14.7 Å². The number of carboxylic acid groups (broad SMARTS) is 1. The summed E-state index contributed by atoms with van der Waals surface area (Å²) in [7, 11) is 0. The molecule has 2 rings (SSSR count). The van der Waals surface area contributed by atoms with Crippen LogP contribution in [0.3, 0.4) is 0 Å². The molecule has 23 heavy (non-hydrogen) atoms. The van der Waals surface area contributed by atoms with Gasteiger partial charge in [0.15, 0.2) is 11.5 Å². The van der Waals surface area contributed by atoms with E-state index in [0.717, 1.165) is 17.7 Å². The van der Waals surface area contributed by atoms with Crippen LogP contribution < -0.4 is 20.1 Å². The molecule has 0 radical (unpaired) electrons. The van der Waals surface area contributed by atoms with E-state index >= 15 is 0 Å². The number of benzene rings is 1. The Kier molecular flexibility index (Phi) is 5.85. The molecule has 124 valence electrons. The minimum absolute atomic E-state index is 0.0954. The Morgan fingerprint density at radius 3 is 2.87 bits per heavy atom. The minimum atomic E-state index is -0.917. The smallest absolute Gasteiger partial charge is 0.305 e. The molecule has 0 saturated carbocycles. The van der Waals surface area contributed by atoms with Crippen LogP contribution in [-0.2, 0) is 9.59 Å². The molecule has 0 bridgehead atoms. The first kappa shape index (κ1) is 16.7. The van der Waals surface area contributed by atoms with Crippen LogP contribution in [-0.4, -0.2) is 30.8 Å². The molecule has 1 unspecified atom stereocenters. The van der Waals surface area contributed by atoms with Gasteiger partial charge in [-0.05, 0) is 24.1 Å². The molecule has 7 heteroatoms. The monoisotopic (exact) mass is 320 g/mol. The number of nitrogens with one attached hydrogen (secondary N) is 2. The number of carbonyl (C=O) groups is 2. The number of hydrogen-bond donors (Lipinski definition) is 3. The molecule has 1 heterocycles. The van der Waals surface area contributed by atoms with E-state index in [1.165, 1.54) is 0 Å². The third-order valence-electron chi connectivity index (χ3n) is 3.36. The molecule has 0 aliphatic carbocycles. The van der Waals surface area contributed by atoms with Crippen molar-refractivity contribution in [3.63, 3.8) is 0 Å². The quantitative estimate of drug-likeness (QED) is 0.598. The highest BCUT2D eigenvalue weighted by Gasteiger charge is 2.20. The van der Waals surface area contributed by atoms with Gasteiger partial charge in [0.1, 0.15) is 0 Å². The van der Waals surface area contributed by atoms with Crippen molar-refractivity contribution >= 4 is 12.4 Å². The first-order valence-corrected chi connectivity index (χ1v) is 7.38. The molecular formula is C16H20N2O5. The van der Waals surface area contributed by atoms with Crippen molar-refractivity contribution in [1.82, 2.24) is 10.6 Å². The second-order valence-electron chi connectivity index (χ2n) is 5.04. The lowest BCUT2D eigenvalue weighted by Gasteiger charge is -2.21. The first-order valence-electron chi connectivity index (χ1n) is 7.38. The van der Waals surface area contributed by atoms with Gasteiger partial charge in [-0.3, -0.25) is 9.59 Å². The van der Waals surface area contributed by atoms with Gasteiger partial charge in [0, 0.05) is 5.70 Å². The zero-order valence-corrected chi connectivity index (χ0v) is 12.9. The molecular weight excluding hydrogens is 300 g/mol. The van der Waals surface area contributed by atoms with Gasteiger partial charge >= 0.3 is 5.97 Å². The van der Waals surface area contributed by atoms with Gasteiger partial charge in [0.25, 0.3) is 0 Å². The van der Waals surface area contributed by atoms with Crippen LogP contribution in [0.5, 0.6) is 11.5 Å². The normalized spacial score (nSPS) is 14.2. The maximum absolute atomic E-state index is 11.2. The standard InChI is InChI=1S/C16H20N2O5/c1-2-3-12(8-17-9-19)18-13(7-16(20)21)11-4-5-14-15(6-11)23-10-22-14/h3-6,9,13,18H,2,7-8,10H2,1H3,(H,17,19)(H,20,21)/b12-3+. The number of allylic oxidation sites excluding steroid dienone is 1. The summed E-state index contributed by atoms with van der Waals surface area (Å²) in [5.74, 6) is 0.334. The van der Waals surface area contributed by atoms with Crippen molar-refractivity contribution in [1.29, 1.82) is 0 Å². The summed E-state index contributed by atoms with van der Waals surface area (Å²) >= 11 is 0. The van der Waals surface area contributed by atoms with E-state index in [4.69, 9.17) is 9.47 Å². The molecule has 1 aliphatic rings. The lowest BCUT2D eigenvalue weighted by molar-refractivity contribution is -0.137. The fraction of sp³-hybridized carbons (Fsp3) is 0.375. The van der Waals surface area contributed by atoms with Crippen molar-refractivity contribution < 1.29 is 24.2 Å². The number of carbonyl (C=O) groups excluding carboxylic acids is 1. The average molecular weight is 320 g/mol. The van der Waals surface area contributed by atoms with Gasteiger partial charge in [-0.15, -0.1) is 0 Å². The van der Waals surface area contributed by atoms with Crippen molar-refractivity contribution in [3.8, 4) is 11.5 Å². The topological polar surface area (TPSA) is 96.9 Å². The van der Waals surface area contributed by atoms with Crippen LogP contribution in [0, 0.1) is 0 Å². The average Bonchev–Trinajstić information content (AvgIpc) is 2.99. The van der Waals surface area contributed by atoms with Gasteiger partial charge in [-0.25, -0.2) is 0 Å². The molecule has 1 amide bonds. The summed E-state index contributed by atoms with van der Waals surface area (Å²) in [6.45, 7) is 2.45. The lowest BCUT2D eigenvalue weighted by atomic mass is 10.0. The number of carboxylic acids is 1. The molecule has 1 aromatic carbocycles. The van der Waals surface area contributed by atoms with Crippen molar-refractivity contribution in [2.24, 2.45) is 0 Å². The summed E-state index contributed by atoms with van der Waals surface area (Å²) < 4.78 is 10.6. The number of hydrogen-bond acceptors (Lipinski definition) is 5. The lowest BCUT2D eigenvalue weighted by Crippen LogP contribution is -2.29. The fourth-order valence-corrected chi connectivity index (χ4v) is 2.36. The maximum atomic E-state index is 11.2. The molecule has 0 saturated heterocycles. The second kappa shape index (κ2) is 8.07. The third kappa shape index (κ3) is 4.64. The van der Waals surface area contributed by atoms with Crippen LogP contribution in [0.25, 0.3) is 0 Å². The Morgan fingerprint density at radius 2 is 2.17 bits per heavy atom. The molecule has 1 aromatic rings. The van der Waals surface area contributed by atoms with Gasteiger partial charge in [-0.2, -0.15) is 0 Å². The fourth-order valence-electron chi connectivity index (χ4n) is 2.36. The highest BCUT2D eigenvalue weighted by molar-refractivity contribution is 5.68. The predicted octanol–water partition coefficient (Wildman–Crippen LogP) is 1.56. The Bertz CT molecular complexity index is 600. The van der Waals surface area contributed by atoms with Crippen molar-refractivity contribution in [3.05, 3.63) is 35.5 Å². The second-order valence-corrected chi connectivity index (χ2v) is 5.04. The molecule has 1 aliphatic heterocycles. The molecule has 7 nitrogen and oxygen atoms in total. The van der Waals surface area contributed by atoms with Crippen molar-refractivity contribution in [2.45, 2.75) is 25.8 Å². The van der Waals surface area contributed by atoms with Crippen LogP contribution in [0.15, 0.2) is 30.0 Å². The van der Waals surface area contributed by atoms with Crippen LogP contribution in [0.2, 0.25) is 0 Å². The highest BCUT2D eigenvalue weighted by Crippen LogP contribution is 2.35. The largest absolute Gasteiger partial charge is 0.481 e. The molecule has 0 fully saturated rings. The zero-order valence-electron chi connectivity index (χ0n) is 12.9. The summed E-state index contributed by atoms with van der Waals surface area (Å²) in [5.41, 5.74) is 1.55. The van der Waals surface area contributed by atoms with E-state index in [1.54, 1.807) is 12.1 Å². The van der Waals surface area contributed by atoms with E-state index < -0.39 is 12.0 Å². The number of fused-ring (bicyclic) bond motifs is 1. The predicted molar refractivity (Wildman–Crippen MR) is 83.1 cm³/mol. The summed E-state index contributed by atoms with van der Waals surface area (Å²) in [5, 5.41) is 14.9. The van der Waals surface area contributed by atoms with Crippen LogP contribution in [0.1, 0.15) is 31.4 Å². The molecule has 1 atom stereocenters. The summed E-state index contributed by atoms with van der Waals surface area (Å²) in [6.07, 6.45) is 3.20. The number of rotatable bonds is 9. The Labute approximate surface area is 134 Å². The molecule has 3 N–H and O–H groups in total. The van der Waals surface area contributed by atoms with Gasteiger partial charge in [-0.1, -0.05) is 19.1 Å². The Hall–Kier alpha value is -2.70. The van der Waals surface area contributed by atoms with E-state index in [1.807, 2.05) is 19.1 Å². The van der Waals surface area contributed by atoms with E-state index in [0.29, 0.717) is 24.5 Å². The van der Waals surface area contributed by atoms with Crippen molar-refractivity contribution in [2.75, 3.05) is 13.3 Å². The summed E-state index contributed by atoms with van der Waals surface area (Å²) in [6, 6.07) is 4.92. The zero-order chi connectivity index (χ0) is 16.7. The minimum Gasteiger partial charge on any atom is -0.481 e. The first-order chi connectivity index (χ1) is 11.1. The van der Waals surface area contributed by atoms with Gasteiger partial charge < -0.3 is 25.2 Å². The van der Waals surface area contributed by atoms with Crippen LogP contribution >= 0.6 is 0 Å². The van der Waals surface area contributed by atoms with Gasteiger partial charge in [0.05, 0.1) is 19.0 Å². The molecule has 0 spiro atoms. The Balaban J connectivity index is 2.20.